The van der Waals surface area contributed by atoms with Gasteiger partial charge in [-0.15, -0.1) is 0 Å². The number of rotatable bonds is 4. The largest absolute Gasteiger partial charge is 0.383 e. The molecule has 0 unspecified atom stereocenters. The van der Waals surface area contributed by atoms with Crippen molar-refractivity contribution in [2.24, 2.45) is 0 Å². The Morgan fingerprint density at radius 3 is 2.67 bits per heavy atom. The van der Waals surface area contributed by atoms with Crippen LogP contribution >= 0.6 is 15.9 Å². The van der Waals surface area contributed by atoms with Crippen LogP contribution in [0.1, 0.15) is 12.5 Å². The predicted octanol–water partition coefficient (Wildman–Crippen LogP) is 2.24. The van der Waals surface area contributed by atoms with Crippen LogP contribution in [-0.4, -0.2) is 21.5 Å². The summed E-state index contributed by atoms with van der Waals surface area (Å²) >= 11 is 3.43. The van der Waals surface area contributed by atoms with Crippen molar-refractivity contribution < 1.29 is 0 Å². The highest BCUT2D eigenvalue weighted by Crippen LogP contribution is 2.28. The molecule has 0 atom stereocenters. The molecule has 0 aliphatic heterocycles. The van der Waals surface area contributed by atoms with Crippen LogP contribution in [-0.2, 0) is 6.54 Å². The molecule has 0 saturated heterocycles. The number of pyridine rings is 1. The maximum absolute atomic E-state index is 5.77. The summed E-state index contributed by atoms with van der Waals surface area (Å²) in [5, 5.41) is 0. The quantitative estimate of drug-likeness (QED) is 0.938. The highest BCUT2D eigenvalue weighted by molar-refractivity contribution is 9.10. The highest BCUT2D eigenvalue weighted by Gasteiger charge is 2.13. The molecule has 0 radical (unpaired) electrons. The van der Waals surface area contributed by atoms with Crippen molar-refractivity contribution in [1.82, 2.24) is 15.0 Å². The molecule has 0 amide bonds. The summed E-state index contributed by atoms with van der Waals surface area (Å²) in [7, 11) is 0. The van der Waals surface area contributed by atoms with E-state index in [0.29, 0.717) is 5.82 Å². The molecule has 94 valence electrons. The van der Waals surface area contributed by atoms with Crippen molar-refractivity contribution in [3.8, 4) is 0 Å². The molecule has 0 aromatic carbocycles. The van der Waals surface area contributed by atoms with Gasteiger partial charge in [0.25, 0.3) is 0 Å². The molecule has 2 aromatic heterocycles. The zero-order valence-electron chi connectivity index (χ0n) is 10.0. The van der Waals surface area contributed by atoms with E-state index in [1.807, 2.05) is 12.1 Å². The lowest BCUT2D eigenvalue weighted by molar-refractivity contribution is 0.806. The fourth-order valence-electron chi connectivity index (χ4n) is 1.64. The van der Waals surface area contributed by atoms with Gasteiger partial charge in [0.05, 0.1) is 0 Å². The molecule has 2 N–H and O–H groups in total. The van der Waals surface area contributed by atoms with Gasteiger partial charge < -0.3 is 10.6 Å². The number of nitrogens with zero attached hydrogens (tertiary/aromatic N) is 4. The second-order valence-corrected chi connectivity index (χ2v) is 4.56. The van der Waals surface area contributed by atoms with E-state index in [0.717, 1.165) is 23.4 Å². The number of hydrogen-bond donors (Lipinski definition) is 1. The molecule has 6 heteroatoms. The van der Waals surface area contributed by atoms with Crippen LogP contribution in [0, 0.1) is 0 Å². The van der Waals surface area contributed by atoms with Crippen LogP contribution < -0.4 is 10.6 Å². The molecule has 18 heavy (non-hydrogen) atoms. The normalized spacial score (nSPS) is 10.3. The first kappa shape index (κ1) is 12.8. The minimum Gasteiger partial charge on any atom is -0.383 e. The molecule has 2 aromatic rings. The fourth-order valence-corrected chi connectivity index (χ4v) is 2.09. The van der Waals surface area contributed by atoms with E-state index in [-0.39, 0.29) is 0 Å². The number of halogens is 1. The Balaban J connectivity index is 2.26. The predicted molar refractivity (Wildman–Crippen MR) is 75.1 cm³/mol. The maximum Gasteiger partial charge on any atom is 0.148 e. The number of aromatic nitrogens is 3. The highest BCUT2D eigenvalue weighted by atomic mass is 79.9. The number of nitrogen functional groups attached to an aromatic ring is 1. The van der Waals surface area contributed by atoms with Crippen LogP contribution in [0.5, 0.6) is 0 Å². The van der Waals surface area contributed by atoms with E-state index in [4.69, 9.17) is 5.73 Å². The van der Waals surface area contributed by atoms with Gasteiger partial charge in [0.1, 0.15) is 22.4 Å². The van der Waals surface area contributed by atoms with Crippen LogP contribution in [0.3, 0.4) is 0 Å². The molecule has 0 fully saturated rings. The Labute approximate surface area is 114 Å². The molecule has 0 aliphatic rings. The minimum absolute atomic E-state index is 0.452. The van der Waals surface area contributed by atoms with E-state index >= 15 is 0 Å². The molecule has 0 spiro atoms. The lowest BCUT2D eigenvalue weighted by atomic mass is 10.2. The first-order valence-electron chi connectivity index (χ1n) is 5.62. The molecule has 2 rings (SSSR count). The Bertz CT molecular complexity index is 517. The number of hydrogen-bond acceptors (Lipinski definition) is 5. The van der Waals surface area contributed by atoms with E-state index < -0.39 is 0 Å². The van der Waals surface area contributed by atoms with E-state index in [2.05, 4.69) is 42.7 Å². The maximum atomic E-state index is 5.77. The second-order valence-electron chi connectivity index (χ2n) is 3.77. The topological polar surface area (TPSA) is 67.9 Å². The van der Waals surface area contributed by atoms with Crippen molar-refractivity contribution in [3.63, 3.8) is 0 Å². The van der Waals surface area contributed by atoms with Crippen LogP contribution in [0.25, 0.3) is 0 Å². The molecule has 2 heterocycles. The van der Waals surface area contributed by atoms with E-state index in [1.54, 1.807) is 12.4 Å². The van der Waals surface area contributed by atoms with Crippen molar-refractivity contribution in [3.05, 3.63) is 40.9 Å². The number of nitrogens with two attached hydrogens (primary N) is 1. The summed E-state index contributed by atoms with van der Waals surface area (Å²) in [5.74, 6) is 1.26. The molecule has 0 aliphatic carbocycles. The molecule has 0 bridgehead atoms. The monoisotopic (exact) mass is 307 g/mol. The summed E-state index contributed by atoms with van der Waals surface area (Å²) in [6, 6.07) is 3.97. The van der Waals surface area contributed by atoms with Crippen LogP contribution in [0.15, 0.2) is 35.3 Å². The fraction of sp³-hybridized carbons (Fsp3) is 0.250. The summed E-state index contributed by atoms with van der Waals surface area (Å²) in [5.41, 5.74) is 6.95. The SMILES string of the molecule is CCN(Cc1ccncc1)c1ncnc(N)c1Br. The smallest absolute Gasteiger partial charge is 0.148 e. The summed E-state index contributed by atoms with van der Waals surface area (Å²) in [6.07, 6.45) is 5.05. The van der Waals surface area contributed by atoms with Gasteiger partial charge >= 0.3 is 0 Å². The molecular formula is C12H14BrN5. The first-order chi connectivity index (χ1) is 8.72. The van der Waals surface area contributed by atoms with Crippen molar-refractivity contribution in [1.29, 1.82) is 0 Å². The van der Waals surface area contributed by atoms with E-state index in [1.165, 1.54) is 11.9 Å². The van der Waals surface area contributed by atoms with Gasteiger partial charge in [0.15, 0.2) is 0 Å². The summed E-state index contributed by atoms with van der Waals surface area (Å²) in [6.45, 7) is 3.66. The van der Waals surface area contributed by atoms with Gasteiger partial charge in [-0.3, -0.25) is 4.98 Å². The summed E-state index contributed by atoms with van der Waals surface area (Å²) < 4.78 is 0.737. The number of anilines is 2. The Hall–Kier alpha value is -1.69. The van der Waals surface area contributed by atoms with Crippen LogP contribution in [0.2, 0.25) is 0 Å². The average molecular weight is 308 g/mol. The zero-order chi connectivity index (χ0) is 13.0. The second kappa shape index (κ2) is 5.77. The lowest BCUT2D eigenvalue weighted by Crippen LogP contribution is -2.24. The van der Waals surface area contributed by atoms with Gasteiger partial charge in [-0.05, 0) is 40.5 Å². The summed E-state index contributed by atoms with van der Waals surface area (Å²) in [4.78, 5) is 14.4. The third-order valence-corrected chi connectivity index (χ3v) is 3.36. The van der Waals surface area contributed by atoms with Crippen molar-refractivity contribution >= 4 is 27.6 Å². The third-order valence-electron chi connectivity index (χ3n) is 2.60. The van der Waals surface area contributed by atoms with E-state index in [9.17, 15) is 0 Å². The third kappa shape index (κ3) is 2.76. The Morgan fingerprint density at radius 2 is 2.00 bits per heavy atom. The van der Waals surface area contributed by atoms with Crippen LogP contribution in [0.4, 0.5) is 11.6 Å². The molecule has 5 nitrogen and oxygen atoms in total. The van der Waals surface area contributed by atoms with Gasteiger partial charge in [-0.25, -0.2) is 9.97 Å². The van der Waals surface area contributed by atoms with Gasteiger partial charge in [0.2, 0.25) is 0 Å². The lowest BCUT2D eigenvalue weighted by Gasteiger charge is -2.23. The Morgan fingerprint density at radius 1 is 1.28 bits per heavy atom. The first-order valence-corrected chi connectivity index (χ1v) is 6.41. The van der Waals surface area contributed by atoms with Crippen molar-refractivity contribution in [2.45, 2.75) is 13.5 Å². The standard InChI is InChI=1S/C12H14BrN5/c1-2-18(7-9-3-5-15-6-4-9)12-10(13)11(14)16-8-17-12/h3-6,8H,2,7H2,1H3,(H2,14,16,17). The Kier molecular flexibility index (Phi) is 4.09. The van der Waals surface area contributed by atoms with Gasteiger partial charge in [-0.1, -0.05) is 0 Å². The zero-order valence-corrected chi connectivity index (χ0v) is 11.6. The average Bonchev–Trinajstić information content (AvgIpc) is 2.41. The molecule has 0 saturated carbocycles. The van der Waals surface area contributed by atoms with Gasteiger partial charge in [-0.2, -0.15) is 0 Å². The molecular weight excluding hydrogens is 294 g/mol. The minimum atomic E-state index is 0.452. The van der Waals surface area contributed by atoms with Crippen molar-refractivity contribution in [2.75, 3.05) is 17.2 Å². The van der Waals surface area contributed by atoms with Gasteiger partial charge in [0, 0.05) is 25.5 Å².